The predicted octanol–water partition coefficient (Wildman–Crippen LogP) is 4.03. The highest BCUT2D eigenvalue weighted by Gasteiger charge is 2.43. The van der Waals surface area contributed by atoms with Gasteiger partial charge in [-0.05, 0) is 97.8 Å². The zero-order valence-electron chi connectivity index (χ0n) is 28.6. The maximum atomic E-state index is 11.0. The molecule has 6 fully saturated rings. The van der Waals surface area contributed by atoms with E-state index in [0.29, 0.717) is 23.7 Å². The molecule has 51 heavy (non-hydrogen) atoms. The average Bonchev–Trinajstić information content (AvgIpc) is 3.13. The molecule has 13 heteroatoms. The summed E-state index contributed by atoms with van der Waals surface area (Å²) in [6.45, 7) is 12.2. The normalized spacial score (nSPS) is 28.8. The van der Waals surface area contributed by atoms with Crippen molar-refractivity contribution in [1.82, 2.24) is 19.8 Å². The number of fused-ring (bicyclic) bond motifs is 8. The molecule has 0 spiro atoms. The first kappa shape index (κ1) is 40.1. The Morgan fingerprint density at radius 3 is 1.39 bits per heavy atom. The third-order valence-corrected chi connectivity index (χ3v) is 11.0. The Kier molecular flexibility index (Phi) is 13.6. The van der Waals surface area contributed by atoms with Gasteiger partial charge >= 0.3 is 10.4 Å². The van der Waals surface area contributed by atoms with Crippen molar-refractivity contribution in [3.8, 4) is 0 Å². The number of rotatable bonds is 6. The third-order valence-electron chi connectivity index (χ3n) is 11.0. The first-order chi connectivity index (χ1) is 23.6. The van der Waals surface area contributed by atoms with E-state index in [1.165, 1.54) is 12.8 Å². The van der Waals surface area contributed by atoms with Crippen molar-refractivity contribution < 1.29 is 38.7 Å². The van der Waals surface area contributed by atoms with Crippen molar-refractivity contribution in [3.05, 3.63) is 109 Å². The molecule has 0 aliphatic carbocycles. The summed E-state index contributed by atoms with van der Waals surface area (Å²) in [4.78, 5) is 13.7. The van der Waals surface area contributed by atoms with Gasteiger partial charge in [-0.3, -0.25) is 28.9 Å². The molecule has 0 amide bonds. The molecule has 0 radical (unpaired) electrons. The van der Waals surface area contributed by atoms with Crippen molar-refractivity contribution in [3.63, 3.8) is 0 Å². The molecule has 2 unspecified atom stereocenters. The molecular weight excluding hydrogens is 673 g/mol. The molecule has 276 valence electrons. The lowest BCUT2D eigenvalue weighted by molar-refractivity contribution is -0.0445. The van der Waals surface area contributed by atoms with Crippen molar-refractivity contribution in [2.45, 2.75) is 50.0 Å². The topological polar surface area (TPSA) is 210 Å². The molecule has 2 aromatic carbocycles. The van der Waals surface area contributed by atoms with E-state index in [4.69, 9.17) is 17.5 Å². The Bertz CT molecular complexity index is 1750. The number of para-hydroxylation sites is 2. The Morgan fingerprint density at radius 1 is 0.686 bits per heavy atom. The molecule has 2 aromatic heterocycles. The second kappa shape index (κ2) is 17.3. The molecule has 6 aliphatic rings. The average molecular weight is 723 g/mol. The smallest absolute Gasteiger partial charge is 0.394 e. The fourth-order valence-electron chi connectivity index (χ4n) is 8.58. The van der Waals surface area contributed by atoms with E-state index in [0.717, 1.165) is 72.0 Å². The lowest BCUT2D eigenvalue weighted by Crippen LogP contribution is -2.54. The molecule has 12 nitrogen and oxygen atoms in total. The first-order valence-electron chi connectivity index (χ1n) is 17.0. The molecule has 8 heterocycles. The summed E-state index contributed by atoms with van der Waals surface area (Å²) in [5, 5.41) is 24.2. The quantitative estimate of drug-likeness (QED) is 0.166. The van der Waals surface area contributed by atoms with Crippen LogP contribution in [0.15, 0.2) is 98.4 Å². The number of piperidine rings is 6. The number of aliphatic hydroxyl groups is 2. The highest BCUT2D eigenvalue weighted by molar-refractivity contribution is 7.79. The van der Waals surface area contributed by atoms with E-state index in [9.17, 15) is 10.2 Å². The second-order valence-corrected chi connectivity index (χ2v) is 14.6. The Hall–Kier alpha value is -3.63. The zero-order valence-corrected chi connectivity index (χ0v) is 29.4. The van der Waals surface area contributed by atoms with Crippen molar-refractivity contribution in [2.24, 2.45) is 23.7 Å². The summed E-state index contributed by atoms with van der Waals surface area (Å²) in [5.41, 5.74) is 3.94. The second-order valence-electron chi connectivity index (χ2n) is 13.7. The van der Waals surface area contributed by atoms with Crippen LogP contribution in [-0.2, 0) is 10.4 Å². The van der Waals surface area contributed by atoms with Gasteiger partial charge in [-0.1, -0.05) is 48.6 Å². The van der Waals surface area contributed by atoms with Gasteiger partial charge in [0.15, 0.2) is 0 Å². The Balaban J connectivity index is 0.000000196. The van der Waals surface area contributed by atoms with E-state index >= 15 is 0 Å². The Labute approximate surface area is 299 Å². The molecule has 6 aliphatic heterocycles. The first-order valence-corrected chi connectivity index (χ1v) is 18.4. The van der Waals surface area contributed by atoms with Gasteiger partial charge < -0.3 is 21.2 Å². The van der Waals surface area contributed by atoms with Gasteiger partial charge in [0.2, 0.25) is 0 Å². The lowest BCUT2D eigenvalue weighted by Gasteiger charge is -2.50. The fourth-order valence-corrected chi connectivity index (χ4v) is 8.58. The van der Waals surface area contributed by atoms with Crippen LogP contribution in [0.4, 0.5) is 0 Å². The summed E-state index contributed by atoms with van der Waals surface area (Å²) in [6, 6.07) is 20.5. The number of aliphatic hydroxyl groups excluding tert-OH is 2. The number of aromatic nitrogens is 2. The number of hydrogen-bond donors (Lipinski definition) is 4. The van der Waals surface area contributed by atoms with Gasteiger partial charge in [-0.15, -0.1) is 13.2 Å². The lowest BCUT2D eigenvalue weighted by atomic mass is 9.73. The molecule has 4 bridgehead atoms. The summed E-state index contributed by atoms with van der Waals surface area (Å²) < 4.78 is 31.6. The highest BCUT2D eigenvalue weighted by Crippen LogP contribution is 2.43. The number of benzene rings is 2. The molecule has 10 rings (SSSR count). The van der Waals surface area contributed by atoms with Crippen LogP contribution >= 0.6 is 0 Å². The van der Waals surface area contributed by atoms with E-state index in [1.807, 2.05) is 60.9 Å². The SMILES string of the molecule is C=C[C@H]1CN2CC[C@H]1C[C@H]2[C@H](O)c1ccnc2ccccc12.C=C[C@H]1CN2CC[C@H]1C[C@H]2[C@H](O)c1ccnc2ccccc12.O.O.O=S(=O)(O)O. The molecule has 0 saturated carbocycles. The maximum Gasteiger partial charge on any atom is 0.394 e. The van der Waals surface area contributed by atoms with E-state index < -0.39 is 22.6 Å². The van der Waals surface area contributed by atoms with E-state index in [2.05, 4.69) is 57.2 Å². The third kappa shape index (κ3) is 9.06. The van der Waals surface area contributed by atoms with Crippen molar-refractivity contribution >= 4 is 32.2 Å². The highest BCUT2D eigenvalue weighted by atomic mass is 32.3. The van der Waals surface area contributed by atoms with Gasteiger partial charge in [0.25, 0.3) is 0 Å². The summed E-state index contributed by atoms with van der Waals surface area (Å²) >= 11 is 0. The minimum absolute atomic E-state index is 0. The van der Waals surface area contributed by atoms with E-state index in [1.54, 1.807) is 0 Å². The summed E-state index contributed by atoms with van der Waals surface area (Å²) in [6.07, 6.45) is 11.5. The van der Waals surface area contributed by atoms with Crippen LogP contribution in [0.1, 0.15) is 49.0 Å². The minimum atomic E-state index is -4.67. The van der Waals surface area contributed by atoms with Gasteiger partial charge in [0, 0.05) is 48.3 Å². The standard InChI is InChI=1S/2C19H22N2O.H2O4S.2H2O/c2*1-2-13-12-21-10-8-14(13)11-18(21)19(22)16-7-9-20-17-6-4-3-5-15(16)17;1-5(2,3)4;;/h2*2-7,9,13-14,18-19,22H,1,8,10-12H2;(H2,1,2,3,4);2*1H2/t2*13-,14-,18-,19+;;;/m00.../s1. The van der Waals surface area contributed by atoms with Gasteiger partial charge in [0.05, 0.1) is 23.2 Å². The van der Waals surface area contributed by atoms with Crippen LogP contribution in [0.5, 0.6) is 0 Å². The molecule has 6 saturated heterocycles. The maximum absolute atomic E-state index is 11.0. The summed E-state index contributed by atoms with van der Waals surface area (Å²) in [5.74, 6) is 2.53. The van der Waals surface area contributed by atoms with Crippen LogP contribution in [-0.4, -0.2) is 96.7 Å². The van der Waals surface area contributed by atoms with Crippen LogP contribution in [0, 0.1) is 23.7 Å². The van der Waals surface area contributed by atoms with Crippen LogP contribution in [0.2, 0.25) is 0 Å². The number of nitrogens with zero attached hydrogens (tertiary/aromatic N) is 4. The van der Waals surface area contributed by atoms with Gasteiger partial charge in [-0.25, -0.2) is 0 Å². The number of pyridine rings is 2. The zero-order chi connectivity index (χ0) is 34.7. The van der Waals surface area contributed by atoms with Crippen molar-refractivity contribution in [2.75, 3.05) is 26.2 Å². The minimum Gasteiger partial charge on any atom is -0.412 e. The number of hydrogen-bond acceptors (Lipinski definition) is 8. The Morgan fingerprint density at radius 2 is 1.06 bits per heavy atom. The monoisotopic (exact) mass is 722 g/mol. The molecule has 4 aromatic rings. The largest absolute Gasteiger partial charge is 0.412 e. The summed E-state index contributed by atoms with van der Waals surface area (Å²) in [7, 11) is -4.67. The molecule has 10 atom stereocenters. The fraction of sp³-hybridized carbons (Fsp3) is 0.421. The van der Waals surface area contributed by atoms with Crippen LogP contribution in [0.25, 0.3) is 21.8 Å². The van der Waals surface area contributed by atoms with Crippen LogP contribution in [0.3, 0.4) is 0 Å². The van der Waals surface area contributed by atoms with Crippen molar-refractivity contribution in [1.29, 1.82) is 0 Å². The predicted molar refractivity (Wildman–Crippen MR) is 198 cm³/mol. The molecule has 8 N–H and O–H groups in total. The van der Waals surface area contributed by atoms with E-state index in [-0.39, 0.29) is 23.0 Å². The molecular formula is C38H50N4O8S. The van der Waals surface area contributed by atoms with Crippen LogP contribution < -0.4 is 0 Å². The van der Waals surface area contributed by atoms with Gasteiger partial charge in [0.1, 0.15) is 0 Å². The van der Waals surface area contributed by atoms with Gasteiger partial charge in [-0.2, -0.15) is 8.42 Å².